The second-order valence-corrected chi connectivity index (χ2v) is 28.3. The van der Waals surface area contributed by atoms with Crippen LogP contribution in [0.15, 0.2) is 170 Å². The highest BCUT2D eigenvalue weighted by atomic mass is 16.6. The molecule has 0 saturated heterocycles. The topological polar surface area (TPSA) is 379 Å². The number of aliphatic hydroxyl groups is 10. The van der Waals surface area contributed by atoms with Crippen molar-refractivity contribution in [3.05, 3.63) is 176 Å². The van der Waals surface area contributed by atoms with Gasteiger partial charge in [-0.15, -0.1) is 42.4 Å². The molecule has 0 aliphatic heterocycles. The van der Waals surface area contributed by atoms with E-state index in [1.54, 1.807) is 160 Å². The predicted octanol–water partition coefficient (Wildman–Crippen LogP) is 12.1. The summed E-state index contributed by atoms with van der Waals surface area (Å²) in [4.78, 5) is 65.0. The largest absolute Gasteiger partial charge is 0.497 e. The zero-order chi connectivity index (χ0) is 100. The van der Waals surface area contributed by atoms with E-state index in [1.807, 2.05) is 38.1 Å². The molecule has 1 aliphatic rings. The van der Waals surface area contributed by atoms with E-state index in [2.05, 4.69) is 159 Å². The molecule has 0 amide bonds. The lowest BCUT2D eigenvalue weighted by atomic mass is 9.90. The molecule has 0 aromatic heterocycles. The molecule has 1 aromatic carbocycles. The number of rotatable bonds is 41. The minimum Gasteiger partial charge on any atom is -0.497 e. The first-order chi connectivity index (χ1) is 64.6. The summed E-state index contributed by atoms with van der Waals surface area (Å²) in [6.45, 7) is 6.06. The maximum absolute atomic E-state index is 11.0. The lowest BCUT2D eigenvalue weighted by Crippen LogP contribution is -2.10. The maximum atomic E-state index is 11.0. The molecule has 2 rings (SSSR count). The van der Waals surface area contributed by atoms with Crippen LogP contribution in [0.5, 0.6) is 5.75 Å². The van der Waals surface area contributed by atoms with Crippen molar-refractivity contribution in [3.8, 4) is 149 Å². The summed E-state index contributed by atoms with van der Waals surface area (Å²) in [6, 6.07) is 7.39. The Labute approximate surface area is 797 Å². The molecule has 10 N–H and O–H groups in total. The van der Waals surface area contributed by atoms with Gasteiger partial charge in [0, 0.05) is 94.4 Å². The zero-order valence-corrected chi connectivity index (χ0v) is 79.2. The quantitative estimate of drug-likeness (QED) is 0.00957. The first kappa shape index (κ1) is 127. The van der Waals surface area contributed by atoms with E-state index in [4.69, 9.17) is 22.3 Å². The highest BCUT2D eigenvalue weighted by Crippen LogP contribution is 2.23. The summed E-state index contributed by atoms with van der Waals surface area (Å²) >= 11 is 0. The van der Waals surface area contributed by atoms with E-state index < -0.39 is 67.0 Å². The molecule has 134 heavy (non-hydrogen) atoms. The van der Waals surface area contributed by atoms with Crippen LogP contribution in [0.1, 0.15) is 193 Å². The minimum atomic E-state index is -0.780. The Hall–Kier alpha value is -13.0. The van der Waals surface area contributed by atoms with Gasteiger partial charge in [-0.05, 0) is 132 Å². The summed E-state index contributed by atoms with van der Waals surface area (Å²) in [5.41, 5.74) is 0.859. The number of hydrogen-bond donors (Lipinski definition) is 10. The van der Waals surface area contributed by atoms with Crippen LogP contribution in [0.4, 0.5) is 0 Å². The molecule has 0 unspecified atom stereocenters. The fourth-order valence-electron chi connectivity index (χ4n) is 9.39. The molecule has 10 atom stereocenters. The number of aliphatic hydroxyl groups excluding tert-OH is 10. The third-order valence-electron chi connectivity index (χ3n) is 16.5. The van der Waals surface area contributed by atoms with Gasteiger partial charge in [0.2, 0.25) is 0 Å². The third-order valence-corrected chi connectivity index (χ3v) is 16.5. The standard InChI is InChI=1S/C23H26O5.C22H30O4.C19H26O4.C17H22O4.C15H18O4.C14H16O3/c1-27-22-17-15-19(16-18-22)9-7-12-20(24)10-5-3-4-6-11-21(25)13-8-14-23(26)28-2;1-26-22(25)18-10-17-21(24)15-8-3-2-7-14-20(23)16-9-13-19-11-5-4-6-12-19;1-16(2)10-8-13-17(20)11-6-4-5-7-12-18(21)14-9-15-19(22)23-3;1-3-4-10-15(18)11-7-5-6-8-12-16(19)13-9-14-17(20)21-2;1-3-10-14(16)11-8-6-4-5-7-9-12-19-13-15(17)18-2;1-3-10-13(15)11-8-6-4-5-7-9-12-14(16)17-2/h3-5,10,15-18,20-21,24-25H,8,12-14H2,1-2H3;2-3,7,14,19-21,23-24H,4-6,10-12,16-18H2,1H3;4-6,11,16-18,20-21H,9,13-15H2,1-3H3;5-7,11,15-16,18-19H,9-10,13-14H2,1-2H3;1,4,6,8,11,14,16H,9-10,12-13H2,2H3;1,4,6,8,11,13,15H,9-10,12H2,2H3/b4-3+,10-5+;3-2+,14-7+;5-4+,11-6+;6-5+,11-7+;2*6-4+,11-8+/t2*20-,21+;17-,18+;15-,16-;14-;13-/m000111/s1. The van der Waals surface area contributed by atoms with E-state index in [0.717, 1.165) is 11.3 Å². The number of ether oxygens (including phenoxy) is 8. The molecule has 1 saturated carbocycles. The smallest absolute Gasteiger partial charge is 0.331 e. The van der Waals surface area contributed by atoms with Gasteiger partial charge < -0.3 is 89.0 Å². The molecular formula is C110H138O24. The summed E-state index contributed by atoms with van der Waals surface area (Å²) in [7, 11) is 9.62. The molecule has 24 nitrogen and oxygen atoms in total. The van der Waals surface area contributed by atoms with Crippen molar-refractivity contribution < 1.29 is 118 Å². The fraction of sp³-hybridized carbons (Fsp3) is 0.455. The van der Waals surface area contributed by atoms with Crippen LogP contribution in [0.3, 0.4) is 0 Å². The molecule has 0 spiro atoms. The van der Waals surface area contributed by atoms with Crippen molar-refractivity contribution in [2.24, 2.45) is 11.8 Å². The van der Waals surface area contributed by atoms with Gasteiger partial charge >= 0.3 is 35.8 Å². The van der Waals surface area contributed by atoms with Crippen LogP contribution >= 0.6 is 0 Å². The van der Waals surface area contributed by atoms with Gasteiger partial charge in [-0.1, -0.05) is 243 Å². The van der Waals surface area contributed by atoms with Crippen LogP contribution in [-0.4, -0.2) is 211 Å². The number of hydrogen-bond acceptors (Lipinski definition) is 24. The molecule has 0 radical (unpaired) electrons. The summed E-state index contributed by atoms with van der Waals surface area (Å²) in [6.07, 6.45) is 57.8. The second kappa shape index (κ2) is 96.1. The Morgan fingerprint density at radius 1 is 0.373 bits per heavy atom. The Kier molecular flexibility index (Phi) is 91.3. The van der Waals surface area contributed by atoms with E-state index in [0.29, 0.717) is 128 Å². The average molecular weight is 1840 g/mol. The average Bonchev–Trinajstić information content (AvgIpc) is 0.915. The normalized spacial score (nSPS) is 13.5. The van der Waals surface area contributed by atoms with E-state index in [1.165, 1.54) is 74.8 Å². The Bertz CT molecular complexity index is 4590. The molecule has 722 valence electrons. The van der Waals surface area contributed by atoms with Gasteiger partial charge in [-0.2, -0.15) is 0 Å². The number of allylic oxidation sites excluding steroid dienone is 18. The molecule has 1 fully saturated rings. The molecule has 0 bridgehead atoms. The molecule has 1 aromatic rings. The molecule has 24 heteroatoms. The number of terminal acetylenes is 2. The monoisotopic (exact) mass is 1840 g/mol. The molecular weight excluding hydrogens is 1710 g/mol. The van der Waals surface area contributed by atoms with E-state index >= 15 is 0 Å². The number of benzene rings is 1. The Morgan fingerprint density at radius 2 is 0.694 bits per heavy atom. The van der Waals surface area contributed by atoms with Crippen molar-refractivity contribution in [1.29, 1.82) is 0 Å². The highest BCUT2D eigenvalue weighted by molar-refractivity contribution is 5.71. The Morgan fingerprint density at radius 3 is 1.03 bits per heavy atom. The van der Waals surface area contributed by atoms with Crippen molar-refractivity contribution in [1.82, 2.24) is 0 Å². The summed E-state index contributed by atoms with van der Waals surface area (Å²) in [5.74, 6) is 60.8. The number of esters is 6. The van der Waals surface area contributed by atoms with Crippen LogP contribution in [0.2, 0.25) is 0 Å². The Balaban J connectivity index is -0.000000763. The van der Waals surface area contributed by atoms with Crippen molar-refractivity contribution in [2.45, 2.75) is 249 Å². The number of carbonyl (C=O) groups is 6. The van der Waals surface area contributed by atoms with Gasteiger partial charge in [-0.25, -0.2) is 4.79 Å². The number of carbonyl (C=O) groups excluding carboxylic acids is 6. The van der Waals surface area contributed by atoms with Crippen molar-refractivity contribution >= 4 is 35.8 Å². The number of methoxy groups -OCH3 is 7. The predicted molar refractivity (Wildman–Crippen MR) is 524 cm³/mol. The van der Waals surface area contributed by atoms with Gasteiger partial charge in [0.05, 0.1) is 99.4 Å². The zero-order valence-electron chi connectivity index (χ0n) is 79.2. The lowest BCUT2D eigenvalue weighted by Gasteiger charge is -2.15. The van der Waals surface area contributed by atoms with Crippen LogP contribution in [0.25, 0.3) is 0 Å². The highest BCUT2D eigenvalue weighted by Gasteiger charge is 2.12. The molecule has 1 aliphatic carbocycles. The van der Waals surface area contributed by atoms with Crippen LogP contribution in [0, 0.1) is 155 Å². The van der Waals surface area contributed by atoms with Crippen LogP contribution in [-0.2, 0) is 61.9 Å². The third kappa shape index (κ3) is 96.6. The maximum Gasteiger partial charge on any atom is 0.331 e. The van der Waals surface area contributed by atoms with Gasteiger partial charge in [-0.3, -0.25) is 24.0 Å². The lowest BCUT2D eigenvalue weighted by molar-refractivity contribution is -0.146. The van der Waals surface area contributed by atoms with Crippen LogP contribution < -0.4 is 4.74 Å². The first-order valence-electron chi connectivity index (χ1n) is 43.8. The first-order valence-corrected chi connectivity index (χ1v) is 43.8. The van der Waals surface area contributed by atoms with Gasteiger partial charge in [0.25, 0.3) is 0 Å². The van der Waals surface area contributed by atoms with Crippen molar-refractivity contribution in [2.75, 3.05) is 63.0 Å². The second-order valence-electron chi connectivity index (χ2n) is 28.3. The van der Waals surface area contributed by atoms with Gasteiger partial charge in [0.1, 0.15) is 36.8 Å². The summed E-state index contributed by atoms with van der Waals surface area (Å²) < 4.78 is 37.0. The SMILES string of the molecule is C#CC[C@@H](O)/C=C/C=C/C#CCCC(=O)OC.C#CC[C@@H](O)/C=C/C=C/C#CCCOCC(=O)OC.CC#CC[C@@H](O)/C=C/C=C/C#C[C@@H](O)CCCC(=O)OC.COC(=O)CCC[C@H](O)C#C/C=C/C=C/[C@H](O)CC#CC(C)C.COC(=O)CCC[C@H](O)C#C/C=C/C=C/[C@H](O)CC#CC1CCCCC1.COC(=O)CCC[C@H](O)C#C/C=C/C=C/[C@H](O)CC#Cc1ccc(OC)cc1. The van der Waals surface area contributed by atoms with E-state index in [-0.39, 0.29) is 62.1 Å². The van der Waals surface area contributed by atoms with Crippen molar-refractivity contribution in [3.63, 3.8) is 0 Å². The van der Waals surface area contributed by atoms with E-state index in [9.17, 15) is 79.8 Å². The minimum absolute atomic E-state index is 0.0518. The summed E-state index contributed by atoms with van der Waals surface area (Å²) in [5, 5.41) is 95.7. The van der Waals surface area contributed by atoms with Gasteiger partial charge in [0.15, 0.2) is 0 Å². The fourth-order valence-corrected chi connectivity index (χ4v) is 9.39. The molecule has 0 heterocycles.